The molecule has 2 heterocycles. The topological polar surface area (TPSA) is 56.5 Å². The van der Waals surface area contributed by atoms with Gasteiger partial charge in [0.15, 0.2) is 5.15 Å². The van der Waals surface area contributed by atoms with E-state index in [0.29, 0.717) is 22.1 Å². The fourth-order valence-corrected chi connectivity index (χ4v) is 1.56. The first-order valence-corrected chi connectivity index (χ1v) is 4.60. The third-order valence-corrected chi connectivity index (χ3v) is 2.22. The van der Waals surface area contributed by atoms with Crippen LogP contribution in [0.1, 0.15) is 16.2 Å². The van der Waals surface area contributed by atoms with Crippen LogP contribution in [-0.2, 0) is 4.74 Å². The lowest BCUT2D eigenvalue weighted by molar-refractivity contribution is 0.0601. The lowest BCUT2D eigenvalue weighted by atomic mass is 10.3. The summed E-state index contributed by atoms with van der Waals surface area (Å²) >= 11 is 5.90. The van der Waals surface area contributed by atoms with Crippen LogP contribution in [0, 0.1) is 6.92 Å². The zero-order valence-corrected chi connectivity index (χ0v) is 8.95. The van der Waals surface area contributed by atoms with Gasteiger partial charge >= 0.3 is 5.97 Å². The first-order chi connectivity index (χ1) is 7.11. The Balaban J connectivity index is 2.65. The number of carbonyl (C=O) groups is 1. The molecule has 0 atom stereocenters. The van der Waals surface area contributed by atoms with E-state index in [4.69, 9.17) is 11.6 Å². The number of aryl methyl sites for hydroxylation is 1. The minimum atomic E-state index is -0.422. The maximum absolute atomic E-state index is 11.3. The van der Waals surface area contributed by atoms with Crippen molar-refractivity contribution < 1.29 is 9.53 Å². The van der Waals surface area contributed by atoms with E-state index >= 15 is 0 Å². The molecule has 6 heteroatoms. The second-order valence-electron chi connectivity index (χ2n) is 3.00. The van der Waals surface area contributed by atoms with Crippen molar-refractivity contribution in [3.8, 4) is 0 Å². The van der Waals surface area contributed by atoms with Gasteiger partial charge in [-0.1, -0.05) is 11.6 Å². The van der Waals surface area contributed by atoms with Crippen molar-refractivity contribution in [2.45, 2.75) is 6.92 Å². The average Bonchev–Trinajstić information content (AvgIpc) is 2.60. The van der Waals surface area contributed by atoms with Crippen LogP contribution in [-0.4, -0.2) is 27.7 Å². The predicted octanol–water partition coefficient (Wildman–Crippen LogP) is 1.48. The number of carbonyl (C=O) groups excluding carboxylic acids is 1. The average molecular weight is 226 g/mol. The van der Waals surface area contributed by atoms with Crippen molar-refractivity contribution in [2.75, 3.05) is 7.11 Å². The van der Waals surface area contributed by atoms with Gasteiger partial charge in [0, 0.05) is 6.20 Å². The normalized spacial score (nSPS) is 10.6. The van der Waals surface area contributed by atoms with Crippen LogP contribution in [0.3, 0.4) is 0 Å². The number of nitrogens with zero attached hydrogens (tertiary/aromatic N) is 3. The maximum atomic E-state index is 11.3. The number of aromatic nitrogens is 3. The highest BCUT2D eigenvalue weighted by Gasteiger charge is 2.12. The molecule has 0 aliphatic heterocycles. The molecule has 2 aromatic rings. The Morgan fingerprint density at radius 2 is 2.33 bits per heavy atom. The van der Waals surface area contributed by atoms with E-state index < -0.39 is 5.97 Å². The summed E-state index contributed by atoms with van der Waals surface area (Å²) in [5.74, 6) is 0.119. The highest BCUT2D eigenvalue weighted by Crippen LogP contribution is 2.17. The molecule has 0 radical (unpaired) electrons. The van der Waals surface area contributed by atoms with Crippen LogP contribution in [0.25, 0.3) is 5.52 Å². The molecule has 78 valence electrons. The van der Waals surface area contributed by atoms with Crippen molar-refractivity contribution >= 4 is 23.1 Å². The molecule has 0 saturated heterocycles. The highest BCUT2D eigenvalue weighted by atomic mass is 35.5. The largest absolute Gasteiger partial charge is 0.465 e. The molecule has 0 fully saturated rings. The van der Waals surface area contributed by atoms with Crippen LogP contribution >= 0.6 is 11.6 Å². The van der Waals surface area contributed by atoms with E-state index in [1.165, 1.54) is 11.6 Å². The summed E-state index contributed by atoms with van der Waals surface area (Å²) in [5, 5.41) is 4.40. The molecule has 0 unspecified atom stereocenters. The van der Waals surface area contributed by atoms with Gasteiger partial charge in [0.05, 0.1) is 12.7 Å². The zero-order valence-electron chi connectivity index (χ0n) is 8.19. The molecule has 0 spiro atoms. The van der Waals surface area contributed by atoms with Crippen molar-refractivity contribution in [3.63, 3.8) is 0 Å². The molecule has 5 nitrogen and oxygen atoms in total. The van der Waals surface area contributed by atoms with Crippen LogP contribution in [0.5, 0.6) is 0 Å². The Morgan fingerprint density at radius 1 is 1.60 bits per heavy atom. The molecule has 15 heavy (non-hydrogen) atoms. The van der Waals surface area contributed by atoms with Crippen LogP contribution in [0.15, 0.2) is 12.3 Å². The van der Waals surface area contributed by atoms with Gasteiger partial charge in [-0.25, -0.2) is 14.3 Å². The van der Waals surface area contributed by atoms with Crippen LogP contribution in [0.2, 0.25) is 5.15 Å². The summed E-state index contributed by atoms with van der Waals surface area (Å²) in [4.78, 5) is 15.2. The minimum absolute atomic E-state index is 0.317. The van der Waals surface area contributed by atoms with Crippen molar-refractivity contribution in [1.29, 1.82) is 0 Å². The number of halogens is 1. The van der Waals surface area contributed by atoms with E-state index in [-0.39, 0.29) is 0 Å². The lowest BCUT2D eigenvalue weighted by Gasteiger charge is -1.96. The van der Waals surface area contributed by atoms with Crippen molar-refractivity contribution in [1.82, 2.24) is 14.6 Å². The number of esters is 1. The molecule has 2 rings (SSSR count). The second-order valence-corrected chi connectivity index (χ2v) is 3.36. The Hall–Kier alpha value is -1.62. The van der Waals surface area contributed by atoms with Crippen LogP contribution in [0.4, 0.5) is 0 Å². The van der Waals surface area contributed by atoms with E-state index in [9.17, 15) is 4.79 Å². The van der Waals surface area contributed by atoms with E-state index in [0.717, 1.165) is 0 Å². The molecule has 0 aromatic carbocycles. The molecule has 0 aliphatic rings. The summed E-state index contributed by atoms with van der Waals surface area (Å²) in [5.41, 5.74) is 0.988. The Labute approximate surface area is 90.6 Å². The Morgan fingerprint density at radius 3 is 3.00 bits per heavy atom. The van der Waals surface area contributed by atoms with Crippen molar-refractivity contribution in [3.05, 3.63) is 28.8 Å². The Kier molecular flexibility index (Phi) is 2.32. The van der Waals surface area contributed by atoms with Crippen molar-refractivity contribution in [2.24, 2.45) is 0 Å². The molecule has 0 N–H and O–H groups in total. The molecule has 0 bridgehead atoms. The molecule has 0 amide bonds. The fraction of sp³-hybridized carbons (Fsp3) is 0.222. The van der Waals surface area contributed by atoms with E-state index in [1.54, 1.807) is 19.2 Å². The summed E-state index contributed by atoms with van der Waals surface area (Å²) in [7, 11) is 1.32. The predicted molar refractivity (Wildman–Crippen MR) is 54.1 cm³/mol. The van der Waals surface area contributed by atoms with Gasteiger partial charge in [0.1, 0.15) is 11.3 Å². The number of fused-ring (bicyclic) bond motifs is 1. The summed E-state index contributed by atoms with van der Waals surface area (Å²) in [6.07, 6.45) is 1.56. The number of hydrogen-bond donors (Lipinski definition) is 0. The second kappa shape index (κ2) is 3.51. The molecular weight excluding hydrogens is 218 g/mol. The van der Waals surface area contributed by atoms with E-state index in [1.807, 2.05) is 0 Å². The van der Waals surface area contributed by atoms with Gasteiger partial charge in [-0.3, -0.25) is 0 Å². The zero-order chi connectivity index (χ0) is 11.0. The smallest absolute Gasteiger partial charge is 0.339 e. The quantitative estimate of drug-likeness (QED) is 0.690. The van der Waals surface area contributed by atoms with Gasteiger partial charge in [0.2, 0.25) is 0 Å². The first kappa shape index (κ1) is 9.92. The van der Waals surface area contributed by atoms with Gasteiger partial charge in [-0.2, -0.15) is 5.10 Å². The number of hydrogen-bond acceptors (Lipinski definition) is 4. The standard InChI is InChI=1S/C9H8ClN3O2/c1-5-11-8(10)7-3-6(9(14)15-2)4-13(7)12-5/h3-4H,1-2H3. The monoisotopic (exact) mass is 225 g/mol. The first-order valence-electron chi connectivity index (χ1n) is 4.22. The molecule has 0 saturated carbocycles. The highest BCUT2D eigenvalue weighted by molar-refractivity contribution is 6.32. The van der Waals surface area contributed by atoms with Gasteiger partial charge in [-0.05, 0) is 13.0 Å². The van der Waals surface area contributed by atoms with Gasteiger partial charge in [0.25, 0.3) is 0 Å². The number of ether oxygens (including phenoxy) is 1. The summed E-state index contributed by atoms with van der Waals surface area (Å²) in [6.45, 7) is 1.73. The SMILES string of the molecule is COC(=O)c1cc2c(Cl)nc(C)nn2c1. The minimum Gasteiger partial charge on any atom is -0.465 e. The molecular formula is C9H8ClN3O2. The van der Waals surface area contributed by atoms with Gasteiger partial charge < -0.3 is 4.74 Å². The third-order valence-electron chi connectivity index (χ3n) is 1.95. The maximum Gasteiger partial charge on any atom is 0.339 e. The number of rotatable bonds is 1. The number of methoxy groups -OCH3 is 1. The Bertz CT molecular complexity index is 535. The van der Waals surface area contributed by atoms with E-state index in [2.05, 4.69) is 14.8 Å². The van der Waals surface area contributed by atoms with Crippen LogP contribution < -0.4 is 0 Å². The molecule has 2 aromatic heterocycles. The fourth-order valence-electron chi connectivity index (χ4n) is 1.30. The molecule has 0 aliphatic carbocycles. The summed E-state index contributed by atoms with van der Waals surface area (Å²) < 4.78 is 6.10. The lowest BCUT2D eigenvalue weighted by Crippen LogP contribution is -1.99. The summed E-state index contributed by atoms with van der Waals surface area (Å²) in [6, 6.07) is 1.59. The third kappa shape index (κ3) is 1.66. The van der Waals surface area contributed by atoms with Gasteiger partial charge in [-0.15, -0.1) is 0 Å².